The summed E-state index contributed by atoms with van der Waals surface area (Å²) in [5.41, 5.74) is 1.27. The lowest BCUT2D eigenvalue weighted by atomic mass is 9.84. The number of nitrogens with zero attached hydrogens (tertiary/aromatic N) is 2. The first-order valence-corrected chi connectivity index (χ1v) is 9.91. The fourth-order valence-corrected chi connectivity index (χ4v) is 4.36. The SMILES string of the molecule is CC(CC(=O)N1CCC(N(C)c2ccccc2)CC1)C1CCNCC1.Cl.Cl. The number of piperidine rings is 2. The van der Waals surface area contributed by atoms with Crippen LogP contribution in [-0.4, -0.2) is 50.1 Å². The summed E-state index contributed by atoms with van der Waals surface area (Å²) < 4.78 is 0. The number of likely N-dealkylation sites (tertiary alicyclic amines) is 1. The Morgan fingerprint density at radius 1 is 1.11 bits per heavy atom. The summed E-state index contributed by atoms with van der Waals surface area (Å²) in [6, 6.07) is 11.1. The predicted molar refractivity (Wildman–Crippen MR) is 118 cm³/mol. The highest BCUT2D eigenvalue weighted by Crippen LogP contribution is 2.26. The number of rotatable bonds is 5. The van der Waals surface area contributed by atoms with Gasteiger partial charge in [-0.15, -0.1) is 24.8 Å². The minimum atomic E-state index is 0. The van der Waals surface area contributed by atoms with Crippen LogP contribution in [0, 0.1) is 11.8 Å². The van der Waals surface area contributed by atoms with Crippen molar-refractivity contribution in [3.8, 4) is 0 Å². The van der Waals surface area contributed by atoms with Crippen molar-refractivity contribution in [3.05, 3.63) is 30.3 Å². The lowest BCUT2D eigenvalue weighted by Gasteiger charge is -2.38. The summed E-state index contributed by atoms with van der Waals surface area (Å²) in [4.78, 5) is 17.2. The minimum absolute atomic E-state index is 0. The Balaban J connectivity index is 0.00000182. The van der Waals surface area contributed by atoms with Crippen molar-refractivity contribution in [3.63, 3.8) is 0 Å². The zero-order valence-electron chi connectivity index (χ0n) is 16.6. The topological polar surface area (TPSA) is 35.6 Å². The Labute approximate surface area is 176 Å². The molecule has 6 heteroatoms. The molecule has 2 heterocycles. The van der Waals surface area contributed by atoms with Gasteiger partial charge < -0.3 is 15.1 Å². The first kappa shape index (κ1) is 24.1. The highest BCUT2D eigenvalue weighted by Gasteiger charge is 2.28. The number of amides is 1. The molecule has 3 rings (SSSR count). The van der Waals surface area contributed by atoms with E-state index in [1.165, 1.54) is 18.5 Å². The maximum atomic E-state index is 12.7. The molecule has 4 nitrogen and oxygen atoms in total. The van der Waals surface area contributed by atoms with Gasteiger partial charge in [0.1, 0.15) is 0 Å². The molecule has 0 bridgehead atoms. The molecule has 1 unspecified atom stereocenters. The summed E-state index contributed by atoms with van der Waals surface area (Å²) in [5, 5.41) is 3.42. The number of carbonyl (C=O) groups excluding carboxylic acids is 1. The van der Waals surface area contributed by atoms with Crippen LogP contribution in [0.2, 0.25) is 0 Å². The average Bonchev–Trinajstić information content (AvgIpc) is 2.69. The van der Waals surface area contributed by atoms with Gasteiger partial charge in [0, 0.05) is 38.3 Å². The van der Waals surface area contributed by atoms with Crippen LogP contribution in [0.5, 0.6) is 0 Å². The van der Waals surface area contributed by atoms with Crippen molar-refractivity contribution in [2.45, 2.75) is 45.1 Å². The number of anilines is 1. The molecule has 2 saturated heterocycles. The molecule has 154 valence electrons. The van der Waals surface area contributed by atoms with Gasteiger partial charge in [-0.25, -0.2) is 0 Å². The molecule has 0 aliphatic carbocycles. The van der Waals surface area contributed by atoms with E-state index in [9.17, 15) is 4.79 Å². The van der Waals surface area contributed by atoms with Crippen molar-refractivity contribution < 1.29 is 4.79 Å². The van der Waals surface area contributed by atoms with Crippen LogP contribution in [0.25, 0.3) is 0 Å². The number of nitrogens with one attached hydrogen (secondary N) is 1. The molecular formula is C21H35Cl2N3O. The first-order chi connectivity index (χ1) is 12.1. The van der Waals surface area contributed by atoms with Gasteiger partial charge in [0.05, 0.1) is 0 Å². The van der Waals surface area contributed by atoms with Gasteiger partial charge in [-0.2, -0.15) is 0 Å². The van der Waals surface area contributed by atoms with E-state index < -0.39 is 0 Å². The van der Waals surface area contributed by atoms with Gasteiger partial charge in [0.25, 0.3) is 0 Å². The van der Waals surface area contributed by atoms with Crippen molar-refractivity contribution >= 4 is 36.4 Å². The standard InChI is InChI=1S/C21H33N3O.2ClH/c1-17(18-8-12-22-13-9-18)16-21(25)24-14-10-20(11-15-24)23(2)19-6-4-3-5-7-19;;/h3-7,17-18,20,22H,8-16H2,1-2H3;2*1H. The van der Waals surface area contributed by atoms with Crippen LogP contribution in [0.4, 0.5) is 5.69 Å². The number of para-hydroxylation sites is 1. The van der Waals surface area contributed by atoms with Crippen LogP contribution in [0.1, 0.15) is 39.0 Å². The minimum Gasteiger partial charge on any atom is -0.371 e. The molecule has 0 aromatic heterocycles. The molecular weight excluding hydrogens is 381 g/mol. The third kappa shape index (κ3) is 6.55. The average molecular weight is 416 g/mol. The predicted octanol–water partition coefficient (Wildman–Crippen LogP) is 3.98. The van der Waals surface area contributed by atoms with Crippen LogP contribution < -0.4 is 10.2 Å². The maximum Gasteiger partial charge on any atom is 0.222 e. The third-order valence-electron chi connectivity index (χ3n) is 6.21. The van der Waals surface area contributed by atoms with Crippen molar-refractivity contribution in [1.29, 1.82) is 0 Å². The molecule has 2 fully saturated rings. The second kappa shape index (κ2) is 11.8. The van der Waals surface area contributed by atoms with Gasteiger partial charge in [-0.1, -0.05) is 25.1 Å². The Morgan fingerprint density at radius 3 is 2.30 bits per heavy atom. The van der Waals surface area contributed by atoms with E-state index in [1.54, 1.807) is 0 Å². The molecule has 2 aliphatic rings. The lowest BCUT2D eigenvalue weighted by molar-refractivity contribution is -0.133. The summed E-state index contributed by atoms with van der Waals surface area (Å²) in [6.45, 7) is 6.30. The molecule has 2 aliphatic heterocycles. The van der Waals surface area contributed by atoms with Crippen molar-refractivity contribution in [1.82, 2.24) is 10.2 Å². The second-order valence-electron chi connectivity index (χ2n) is 7.83. The fourth-order valence-electron chi connectivity index (χ4n) is 4.36. The summed E-state index contributed by atoms with van der Waals surface area (Å²) in [7, 11) is 2.18. The first-order valence-electron chi connectivity index (χ1n) is 9.91. The van der Waals surface area contributed by atoms with Gasteiger partial charge in [0.2, 0.25) is 5.91 Å². The number of halogens is 2. The number of hydrogen-bond acceptors (Lipinski definition) is 3. The molecule has 1 N–H and O–H groups in total. The molecule has 0 radical (unpaired) electrons. The Morgan fingerprint density at radius 2 is 1.70 bits per heavy atom. The van der Waals surface area contributed by atoms with E-state index >= 15 is 0 Å². The van der Waals surface area contributed by atoms with Crippen LogP contribution in [0.3, 0.4) is 0 Å². The highest BCUT2D eigenvalue weighted by atomic mass is 35.5. The van der Waals surface area contributed by atoms with E-state index in [0.29, 0.717) is 23.8 Å². The number of hydrogen-bond donors (Lipinski definition) is 1. The molecule has 27 heavy (non-hydrogen) atoms. The zero-order chi connectivity index (χ0) is 17.6. The van der Waals surface area contributed by atoms with Gasteiger partial charge in [-0.05, 0) is 62.7 Å². The van der Waals surface area contributed by atoms with Crippen LogP contribution in [0.15, 0.2) is 30.3 Å². The largest absolute Gasteiger partial charge is 0.371 e. The highest BCUT2D eigenvalue weighted by molar-refractivity contribution is 5.85. The smallest absolute Gasteiger partial charge is 0.222 e. The monoisotopic (exact) mass is 415 g/mol. The molecule has 1 aromatic rings. The molecule has 0 saturated carbocycles. The Bertz CT molecular complexity index is 544. The zero-order valence-corrected chi connectivity index (χ0v) is 18.2. The number of benzene rings is 1. The normalized spacial score (nSPS) is 19.6. The van der Waals surface area contributed by atoms with Gasteiger partial charge in [-0.3, -0.25) is 4.79 Å². The van der Waals surface area contributed by atoms with E-state index in [2.05, 4.69) is 59.4 Å². The lowest BCUT2D eigenvalue weighted by Crippen LogP contribution is -2.46. The third-order valence-corrected chi connectivity index (χ3v) is 6.21. The Hall–Kier alpha value is -0.970. The van der Waals surface area contributed by atoms with Crippen molar-refractivity contribution in [2.75, 3.05) is 38.1 Å². The molecule has 1 amide bonds. The van der Waals surface area contributed by atoms with Gasteiger partial charge in [0.15, 0.2) is 0 Å². The van der Waals surface area contributed by atoms with E-state index in [0.717, 1.165) is 45.4 Å². The van der Waals surface area contributed by atoms with Crippen LogP contribution >= 0.6 is 24.8 Å². The van der Waals surface area contributed by atoms with E-state index in [1.807, 2.05) is 0 Å². The molecule has 0 spiro atoms. The fraction of sp³-hybridized carbons (Fsp3) is 0.667. The number of carbonyl (C=O) groups is 1. The Kier molecular flexibility index (Phi) is 10.5. The summed E-state index contributed by atoms with van der Waals surface area (Å²) in [5.74, 6) is 1.60. The van der Waals surface area contributed by atoms with E-state index in [-0.39, 0.29) is 24.8 Å². The second-order valence-corrected chi connectivity index (χ2v) is 7.83. The van der Waals surface area contributed by atoms with Crippen LogP contribution in [-0.2, 0) is 4.79 Å². The van der Waals surface area contributed by atoms with E-state index in [4.69, 9.17) is 0 Å². The molecule has 1 atom stereocenters. The van der Waals surface area contributed by atoms with Crippen molar-refractivity contribution in [2.24, 2.45) is 11.8 Å². The quantitative estimate of drug-likeness (QED) is 0.789. The maximum absolute atomic E-state index is 12.7. The van der Waals surface area contributed by atoms with Gasteiger partial charge >= 0.3 is 0 Å². The molecule has 1 aromatic carbocycles. The summed E-state index contributed by atoms with van der Waals surface area (Å²) >= 11 is 0. The summed E-state index contributed by atoms with van der Waals surface area (Å²) in [6.07, 6.45) is 5.30.